The van der Waals surface area contributed by atoms with E-state index in [1.807, 2.05) is 60.7 Å². The second-order valence-corrected chi connectivity index (χ2v) is 11.1. The van der Waals surface area contributed by atoms with Crippen LogP contribution < -0.4 is 10.6 Å². The number of benzene rings is 3. The Morgan fingerprint density at radius 2 is 1.82 bits per heavy atom. The summed E-state index contributed by atoms with van der Waals surface area (Å²) in [6, 6.07) is 24.0. The zero-order valence-electron chi connectivity index (χ0n) is 24.3. The molecule has 2 amide bonds. The van der Waals surface area contributed by atoms with E-state index in [2.05, 4.69) is 33.1 Å². The third-order valence-corrected chi connectivity index (χ3v) is 8.07. The van der Waals surface area contributed by atoms with Crippen LogP contribution in [0, 0.1) is 5.92 Å². The number of para-hydroxylation sites is 1. The fourth-order valence-corrected chi connectivity index (χ4v) is 5.82. The molecule has 3 aromatic carbocycles. The predicted molar refractivity (Wildman–Crippen MR) is 163 cm³/mol. The topological polar surface area (TPSA) is 150 Å². The van der Waals surface area contributed by atoms with Gasteiger partial charge in [0.05, 0.1) is 31.1 Å². The quantitative estimate of drug-likeness (QED) is 0.163. The van der Waals surface area contributed by atoms with E-state index in [-0.39, 0.29) is 37.9 Å². The maximum absolute atomic E-state index is 12.4. The lowest BCUT2D eigenvalue weighted by Crippen LogP contribution is -2.38. The van der Waals surface area contributed by atoms with Crippen molar-refractivity contribution in [3.05, 3.63) is 95.6 Å². The summed E-state index contributed by atoms with van der Waals surface area (Å²) >= 11 is 1.49. The van der Waals surface area contributed by atoms with Gasteiger partial charge in [0.15, 0.2) is 6.29 Å². The average molecular weight is 619 g/mol. The van der Waals surface area contributed by atoms with Gasteiger partial charge in [-0.05, 0) is 52.7 Å². The van der Waals surface area contributed by atoms with E-state index in [4.69, 9.17) is 14.2 Å². The SMILES string of the molecule is CCOC(=O)CNC(=O)Nc1cccc([C@H]2O[C@@H](CSc3nnnn3-c3ccccc3)[C@@H](C)[C@@H](c3ccc(CO)cc3)O2)c1. The van der Waals surface area contributed by atoms with Gasteiger partial charge in [-0.1, -0.05) is 73.3 Å². The van der Waals surface area contributed by atoms with Gasteiger partial charge in [0.2, 0.25) is 5.16 Å². The number of ether oxygens (including phenoxy) is 3. The molecule has 13 heteroatoms. The molecule has 44 heavy (non-hydrogen) atoms. The molecule has 3 N–H and O–H groups in total. The maximum Gasteiger partial charge on any atom is 0.325 e. The van der Waals surface area contributed by atoms with Crippen molar-refractivity contribution in [2.75, 3.05) is 24.2 Å². The molecule has 1 saturated heterocycles. The summed E-state index contributed by atoms with van der Waals surface area (Å²) in [5, 5.41) is 27.7. The highest BCUT2D eigenvalue weighted by Gasteiger charge is 2.38. The predicted octanol–water partition coefficient (Wildman–Crippen LogP) is 4.42. The largest absolute Gasteiger partial charge is 0.465 e. The molecule has 1 aromatic heterocycles. The zero-order valence-corrected chi connectivity index (χ0v) is 25.1. The molecular weight excluding hydrogens is 584 g/mol. The second-order valence-electron chi connectivity index (χ2n) is 10.1. The first-order valence-electron chi connectivity index (χ1n) is 14.2. The number of aliphatic hydroxyl groups excluding tert-OH is 1. The Bertz CT molecular complexity index is 1540. The highest BCUT2D eigenvalue weighted by molar-refractivity contribution is 7.99. The van der Waals surface area contributed by atoms with Gasteiger partial charge in [-0.3, -0.25) is 4.79 Å². The van der Waals surface area contributed by atoms with Crippen molar-refractivity contribution in [2.24, 2.45) is 5.92 Å². The summed E-state index contributed by atoms with van der Waals surface area (Å²) in [5.74, 6) is -0.0164. The molecule has 1 aliphatic rings. The summed E-state index contributed by atoms with van der Waals surface area (Å²) < 4.78 is 19.6. The van der Waals surface area contributed by atoms with Gasteiger partial charge in [-0.2, -0.15) is 4.68 Å². The number of hydrogen-bond donors (Lipinski definition) is 3. The Morgan fingerprint density at radius 1 is 1.02 bits per heavy atom. The third-order valence-electron chi connectivity index (χ3n) is 7.06. The van der Waals surface area contributed by atoms with E-state index >= 15 is 0 Å². The number of rotatable bonds is 11. The molecule has 0 unspecified atom stereocenters. The van der Waals surface area contributed by atoms with Crippen molar-refractivity contribution in [1.82, 2.24) is 25.5 Å². The van der Waals surface area contributed by atoms with E-state index in [1.165, 1.54) is 11.8 Å². The first-order valence-corrected chi connectivity index (χ1v) is 15.2. The minimum absolute atomic E-state index is 0.0460. The maximum atomic E-state index is 12.4. The first kappa shape index (κ1) is 31.1. The van der Waals surface area contributed by atoms with Crippen molar-refractivity contribution in [2.45, 2.75) is 44.1 Å². The van der Waals surface area contributed by atoms with Crippen LogP contribution in [-0.2, 0) is 25.6 Å². The smallest absolute Gasteiger partial charge is 0.325 e. The molecule has 4 atom stereocenters. The van der Waals surface area contributed by atoms with Crippen molar-refractivity contribution in [3.63, 3.8) is 0 Å². The number of urea groups is 1. The third kappa shape index (κ3) is 7.80. The van der Waals surface area contributed by atoms with E-state index in [9.17, 15) is 14.7 Å². The molecule has 0 aliphatic carbocycles. The van der Waals surface area contributed by atoms with Crippen molar-refractivity contribution < 1.29 is 28.9 Å². The Hall–Kier alpha value is -4.30. The highest BCUT2D eigenvalue weighted by atomic mass is 32.2. The van der Waals surface area contributed by atoms with Crippen LogP contribution in [0.25, 0.3) is 5.69 Å². The molecule has 0 radical (unpaired) electrons. The van der Waals surface area contributed by atoms with Gasteiger partial charge in [0.1, 0.15) is 6.54 Å². The van der Waals surface area contributed by atoms with Crippen LogP contribution in [0.1, 0.15) is 42.9 Å². The minimum Gasteiger partial charge on any atom is -0.465 e. The van der Waals surface area contributed by atoms with E-state index in [0.29, 0.717) is 22.2 Å². The number of carbonyl (C=O) groups is 2. The molecule has 12 nitrogen and oxygen atoms in total. The molecule has 4 aromatic rings. The first-order chi connectivity index (χ1) is 21.4. The van der Waals surface area contributed by atoms with Crippen LogP contribution >= 0.6 is 11.8 Å². The average Bonchev–Trinajstić information content (AvgIpc) is 3.53. The Morgan fingerprint density at radius 3 is 2.57 bits per heavy atom. The lowest BCUT2D eigenvalue weighted by molar-refractivity contribution is -0.268. The van der Waals surface area contributed by atoms with Crippen molar-refractivity contribution in [1.29, 1.82) is 0 Å². The molecule has 1 fully saturated rings. The monoisotopic (exact) mass is 618 g/mol. The van der Waals surface area contributed by atoms with E-state index in [0.717, 1.165) is 16.8 Å². The van der Waals surface area contributed by atoms with E-state index in [1.54, 1.807) is 29.8 Å². The molecule has 1 aliphatic heterocycles. The number of thioether (sulfide) groups is 1. The molecular formula is C31H34N6O6S. The molecule has 0 bridgehead atoms. The number of carbonyl (C=O) groups excluding carboxylic acids is 2. The Balaban J connectivity index is 1.34. The van der Waals surface area contributed by atoms with Gasteiger partial charge in [-0.25, -0.2) is 4.79 Å². The standard InChI is InChI=1S/C31H34N6O6S/c1-3-41-27(39)17-32-30(40)33-24-9-7-8-23(16-24)29-42-26(20(2)28(43-29)22-14-12-21(18-38)13-15-22)19-44-31-34-35-36-37(31)25-10-5-4-6-11-25/h4-16,20,26,28-29,38H,3,17-19H2,1-2H3,(H2,32,33,40)/t20-,26+,28+,29+/m1/s1. The van der Waals surface area contributed by atoms with Crippen molar-refractivity contribution >= 4 is 29.4 Å². The van der Waals surface area contributed by atoms with Crippen LogP contribution in [-0.4, -0.2) is 62.3 Å². The molecule has 230 valence electrons. The minimum atomic E-state index is -0.742. The van der Waals surface area contributed by atoms with Crippen molar-refractivity contribution in [3.8, 4) is 5.69 Å². The van der Waals surface area contributed by atoms with Crippen LogP contribution in [0.5, 0.6) is 0 Å². The second kappa shape index (κ2) is 14.9. The van der Waals surface area contributed by atoms with Gasteiger partial charge in [0.25, 0.3) is 0 Å². The summed E-state index contributed by atoms with van der Waals surface area (Å²) in [6.45, 7) is 3.73. The van der Waals surface area contributed by atoms with Crippen LogP contribution in [0.4, 0.5) is 10.5 Å². The summed E-state index contributed by atoms with van der Waals surface area (Å²) in [5.41, 5.74) is 3.84. The van der Waals surface area contributed by atoms with Crippen LogP contribution in [0.2, 0.25) is 0 Å². The normalized spacial score (nSPS) is 19.7. The summed E-state index contributed by atoms with van der Waals surface area (Å²) in [6.07, 6.45) is -1.32. The highest BCUT2D eigenvalue weighted by Crippen LogP contribution is 2.43. The number of aliphatic hydroxyl groups is 1. The lowest BCUT2D eigenvalue weighted by Gasteiger charge is -2.41. The fourth-order valence-electron chi connectivity index (χ4n) is 4.77. The Kier molecular flexibility index (Phi) is 10.6. The van der Waals surface area contributed by atoms with Gasteiger partial charge < -0.3 is 30.0 Å². The number of amides is 2. The number of anilines is 1. The lowest BCUT2D eigenvalue weighted by atomic mass is 9.91. The number of esters is 1. The van der Waals surface area contributed by atoms with Gasteiger partial charge >= 0.3 is 12.0 Å². The Labute approximate surface area is 259 Å². The van der Waals surface area contributed by atoms with Crippen LogP contribution in [0.3, 0.4) is 0 Å². The van der Waals surface area contributed by atoms with E-state index < -0.39 is 18.3 Å². The fraction of sp³-hybridized carbons (Fsp3) is 0.323. The molecule has 2 heterocycles. The number of nitrogens with zero attached hydrogens (tertiary/aromatic N) is 4. The number of nitrogens with one attached hydrogen (secondary N) is 2. The number of aromatic nitrogens is 4. The van der Waals surface area contributed by atoms with Gasteiger partial charge in [0, 0.05) is 22.9 Å². The zero-order chi connectivity index (χ0) is 30.9. The molecule has 5 rings (SSSR count). The van der Waals surface area contributed by atoms with Gasteiger partial charge in [-0.15, -0.1) is 5.10 Å². The summed E-state index contributed by atoms with van der Waals surface area (Å²) in [7, 11) is 0. The summed E-state index contributed by atoms with van der Waals surface area (Å²) in [4.78, 5) is 24.0. The molecule has 0 spiro atoms. The number of tetrazole rings is 1. The van der Waals surface area contributed by atoms with Crippen LogP contribution in [0.15, 0.2) is 84.0 Å². The molecule has 0 saturated carbocycles. The number of hydrogen-bond acceptors (Lipinski definition) is 10.